The normalized spacial score (nSPS) is 15.0. The van der Waals surface area contributed by atoms with E-state index in [2.05, 4.69) is 5.32 Å². The number of carbonyl (C=O) groups excluding carboxylic acids is 1. The minimum Gasteiger partial charge on any atom is -0.457 e. The first-order valence-corrected chi connectivity index (χ1v) is 9.59. The number of anilines is 1. The molecule has 2 aromatic rings. The summed E-state index contributed by atoms with van der Waals surface area (Å²) in [6.45, 7) is 0. The Morgan fingerprint density at radius 3 is 2.54 bits per heavy atom. The zero-order chi connectivity index (χ0) is 16.6. The van der Waals surface area contributed by atoms with E-state index in [1.807, 2.05) is 54.6 Å². The van der Waals surface area contributed by atoms with Crippen LogP contribution in [0.4, 0.5) is 5.69 Å². The molecule has 0 saturated heterocycles. The Morgan fingerprint density at radius 2 is 1.75 bits per heavy atom. The third kappa shape index (κ3) is 5.31. The number of ether oxygens (including phenoxy) is 1. The average molecular weight is 341 g/mol. The van der Waals surface area contributed by atoms with Crippen LogP contribution in [0.15, 0.2) is 54.6 Å². The van der Waals surface area contributed by atoms with E-state index >= 15 is 0 Å². The van der Waals surface area contributed by atoms with Crippen molar-refractivity contribution in [3.05, 3.63) is 54.6 Å². The fraction of sp³-hybridized carbons (Fsp3) is 0.350. The SMILES string of the molecule is O=C(CSC1CCCCC1)Nc1cccc(Oc2ccccc2)c1. The van der Waals surface area contributed by atoms with Crippen molar-refractivity contribution >= 4 is 23.4 Å². The molecule has 0 heterocycles. The quantitative estimate of drug-likeness (QED) is 0.755. The number of carbonyl (C=O) groups is 1. The van der Waals surface area contributed by atoms with Crippen LogP contribution in [-0.2, 0) is 4.79 Å². The fourth-order valence-electron chi connectivity index (χ4n) is 2.88. The standard InChI is InChI=1S/C20H23NO2S/c22-20(15-24-19-12-5-2-6-13-19)21-16-8-7-11-18(14-16)23-17-9-3-1-4-10-17/h1,3-4,7-11,14,19H,2,5-6,12-13,15H2,(H,21,22). The summed E-state index contributed by atoms with van der Waals surface area (Å²) in [5, 5.41) is 3.62. The van der Waals surface area contributed by atoms with Crippen molar-refractivity contribution in [2.75, 3.05) is 11.1 Å². The largest absolute Gasteiger partial charge is 0.457 e. The van der Waals surface area contributed by atoms with Crippen molar-refractivity contribution in [1.29, 1.82) is 0 Å². The molecule has 1 aliphatic rings. The topological polar surface area (TPSA) is 38.3 Å². The van der Waals surface area contributed by atoms with Gasteiger partial charge in [-0.25, -0.2) is 0 Å². The van der Waals surface area contributed by atoms with Crippen LogP contribution in [-0.4, -0.2) is 16.9 Å². The maximum absolute atomic E-state index is 12.2. The van der Waals surface area contributed by atoms with Crippen molar-refractivity contribution in [3.8, 4) is 11.5 Å². The molecular weight excluding hydrogens is 318 g/mol. The number of nitrogens with one attached hydrogen (secondary N) is 1. The highest BCUT2D eigenvalue weighted by atomic mass is 32.2. The molecule has 1 N–H and O–H groups in total. The van der Waals surface area contributed by atoms with E-state index in [0.717, 1.165) is 17.2 Å². The summed E-state index contributed by atoms with van der Waals surface area (Å²) < 4.78 is 5.80. The van der Waals surface area contributed by atoms with Crippen LogP contribution in [0.5, 0.6) is 11.5 Å². The second-order valence-electron chi connectivity index (χ2n) is 6.06. The zero-order valence-corrected chi connectivity index (χ0v) is 14.6. The van der Waals surface area contributed by atoms with Crippen LogP contribution >= 0.6 is 11.8 Å². The molecule has 3 nitrogen and oxygen atoms in total. The lowest BCUT2D eigenvalue weighted by Crippen LogP contribution is -2.17. The van der Waals surface area contributed by atoms with Gasteiger partial charge in [-0.05, 0) is 37.1 Å². The van der Waals surface area contributed by atoms with Crippen LogP contribution < -0.4 is 10.1 Å². The van der Waals surface area contributed by atoms with Crippen LogP contribution in [0.3, 0.4) is 0 Å². The van der Waals surface area contributed by atoms with E-state index in [-0.39, 0.29) is 5.91 Å². The summed E-state index contributed by atoms with van der Waals surface area (Å²) >= 11 is 1.79. The highest BCUT2D eigenvalue weighted by Crippen LogP contribution is 2.28. The van der Waals surface area contributed by atoms with Gasteiger partial charge in [-0.1, -0.05) is 43.5 Å². The first kappa shape index (κ1) is 16.9. The first-order valence-electron chi connectivity index (χ1n) is 8.54. The summed E-state index contributed by atoms with van der Waals surface area (Å²) in [7, 11) is 0. The molecule has 24 heavy (non-hydrogen) atoms. The average Bonchev–Trinajstić information content (AvgIpc) is 2.62. The molecule has 1 amide bonds. The third-order valence-corrected chi connectivity index (χ3v) is 5.47. The van der Waals surface area contributed by atoms with Crippen LogP contribution in [0, 0.1) is 0 Å². The van der Waals surface area contributed by atoms with Crippen molar-refractivity contribution in [2.24, 2.45) is 0 Å². The smallest absolute Gasteiger partial charge is 0.234 e. The molecule has 1 fully saturated rings. The molecule has 0 bridgehead atoms. The highest BCUT2D eigenvalue weighted by Gasteiger charge is 2.15. The molecule has 3 rings (SSSR count). The van der Waals surface area contributed by atoms with Gasteiger partial charge in [0.2, 0.25) is 5.91 Å². The van der Waals surface area contributed by atoms with Crippen molar-refractivity contribution in [2.45, 2.75) is 37.4 Å². The van der Waals surface area contributed by atoms with Crippen LogP contribution in [0.25, 0.3) is 0 Å². The minimum atomic E-state index is 0.0578. The van der Waals surface area contributed by atoms with Gasteiger partial charge in [0.05, 0.1) is 5.75 Å². The summed E-state index contributed by atoms with van der Waals surface area (Å²) in [6.07, 6.45) is 6.45. The molecule has 0 radical (unpaired) electrons. The Bertz CT molecular complexity index is 654. The number of hydrogen-bond acceptors (Lipinski definition) is 3. The lowest BCUT2D eigenvalue weighted by Gasteiger charge is -2.20. The Kier molecular flexibility index (Phi) is 6.19. The lowest BCUT2D eigenvalue weighted by molar-refractivity contribution is -0.113. The van der Waals surface area contributed by atoms with Crippen LogP contribution in [0.2, 0.25) is 0 Å². The number of benzene rings is 2. The predicted octanol–water partition coefficient (Wildman–Crippen LogP) is 5.48. The molecule has 0 spiro atoms. The van der Waals surface area contributed by atoms with Crippen molar-refractivity contribution in [1.82, 2.24) is 0 Å². The number of amides is 1. The number of hydrogen-bond donors (Lipinski definition) is 1. The Labute approximate surface area is 147 Å². The molecule has 126 valence electrons. The van der Waals surface area contributed by atoms with Gasteiger partial charge in [0.15, 0.2) is 0 Å². The maximum Gasteiger partial charge on any atom is 0.234 e. The molecule has 2 aromatic carbocycles. The molecule has 0 aliphatic heterocycles. The fourth-order valence-corrected chi connectivity index (χ4v) is 4.01. The van der Waals surface area contributed by atoms with Crippen LogP contribution in [0.1, 0.15) is 32.1 Å². The number of thioether (sulfide) groups is 1. The first-order chi connectivity index (χ1) is 11.8. The molecule has 0 unspecified atom stereocenters. The lowest BCUT2D eigenvalue weighted by atomic mass is 10.0. The van der Waals surface area contributed by atoms with E-state index in [4.69, 9.17) is 4.74 Å². The summed E-state index contributed by atoms with van der Waals surface area (Å²) in [6, 6.07) is 17.2. The predicted molar refractivity (Wildman–Crippen MR) is 101 cm³/mol. The van der Waals surface area contributed by atoms with Gasteiger partial charge in [0.25, 0.3) is 0 Å². The molecule has 1 aliphatic carbocycles. The Balaban J connectivity index is 1.51. The van der Waals surface area contributed by atoms with Gasteiger partial charge in [-0.3, -0.25) is 4.79 Å². The molecular formula is C20H23NO2S. The van der Waals surface area contributed by atoms with Crippen molar-refractivity contribution < 1.29 is 9.53 Å². The van der Waals surface area contributed by atoms with E-state index in [1.54, 1.807) is 11.8 Å². The van der Waals surface area contributed by atoms with Gasteiger partial charge in [-0.15, -0.1) is 11.8 Å². The third-order valence-electron chi connectivity index (χ3n) is 4.10. The van der Waals surface area contributed by atoms with Gasteiger partial charge < -0.3 is 10.1 Å². The highest BCUT2D eigenvalue weighted by molar-refractivity contribution is 8.00. The number of para-hydroxylation sites is 1. The number of rotatable bonds is 6. The summed E-state index contributed by atoms with van der Waals surface area (Å²) in [5.41, 5.74) is 0.776. The monoisotopic (exact) mass is 341 g/mol. The van der Waals surface area contributed by atoms with Gasteiger partial charge in [0.1, 0.15) is 11.5 Å². The molecule has 0 aromatic heterocycles. The van der Waals surface area contributed by atoms with E-state index in [0.29, 0.717) is 11.0 Å². The summed E-state index contributed by atoms with van der Waals surface area (Å²) in [5.74, 6) is 2.09. The molecule has 1 saturated carbocycles. The Hall–Kier alpha value is -1.94. The van der Waals surface area contributed by atoms with Gasteiger partial charge in [-0.2, -0.15) is 0 Å². The van der Waals surface area contributed by atoms with Gasteiger partial charge in [0, 0.05) is 17.0 Å². The molecule has 0 atom stereocenters. The minimum absolute atomic E-state index is 0.0578. The van der Waals surface area contributed by atoms with Gasteiger partial charge >= 0.3 is 0 Å². The van der Waals surface area contributed by atoms with E-state index in [9.17, 15) is 4.79 Å². The molecule has 4 heteroatoms. The Morgan fingerprint density at radius 1 is 1.00 bits per heavy atom. The summed E-state index contributed by atoms with van der Waals surface area (Å²) in [4.78, 5) is 12.2. The van der Waals surface area contributed by atoms with E-state index < -0.39 is 0 Å². The van der Waals surface area contributed by atoms with E-state index in [1.165, 1.54) is 32.1 Å². The van der Waals surface area contributed by atoms with Crippen molar-refractivity contribution in [3.63, 3.8) is 0 Å². The zero-order valence-electron chi connectivity index (χ0n) is 13.7. The second kappa shape index (κ2) is 8.78. The second-order valence-corrected chi connectivity index (χ2v) is 7.35. The maximum atomic E-state index is 12.2.